The summed E-state index contributed by atoms with van der Waals surface area (Å²) < 4.78 is 40.6. The lowest BCUT2D eigenvalue weighted by Crippen LogP contribution is -2.55. The molecule has 3 rings (SSSR count). The van der Waals surface area contributed by atoms with Crippen LogP contribution in [0.25, 0.3) is 0 Å². The van der Waals surface area contributed by atoms with E-state index in [9.17, 15) is 18.0 Å². The zero-order valence-electron chi connectivity index (χ0n) is 14.1. The summed E-state index contributed by atoms with van der Waals surface area (Å²) in [5, 5.41) is 0. The summed E-state index contributed by atoms with van der Waals surface area (Å²) in [6, 6.07) is 7.67. The lowest BCUT2D eigenvalue weighted by molar-refractivity contribution is -0.125. The standard InChI is InChI=1S/C19H19F3N2O/c1-12-3-6-16(10-17(12)21)24-8-7-23(13(2)19(24)25)11-14-4-5-15(20)9-18(14)22/h3-6,9-10,13H,7-8,11H2,1-2H3/t13-/m1/s1. The fourth-order valence-corrected chi connectivity index (χ4v) is 3.00. The minimum absolute atomic E-state index is 0.169. The van der Waals surface area contributed by atoms with E-state index in [2.05, 4.69) is 0 Å². The lowest BCUT2D eigenvalue weighted by Gasteiger charge is -2.39. The Morgan fingerprint density at radius 1 is 1.04 bits per heavy atom. The molecule has 1 saturated heterocycles. The maximum Gasteiger partial charge on any atom is 0.244 e. The van der Waals surface area contributed by atoms with Crippen molar-refractivity contribution in [2.45, 2.75) is 26.4 Å². The molecule has 0 radical (unpaired) electrons. The van der Waals surface area contributed by atoms with Gasteiger partial charge >= 0.3 is 0 Å². The molecule has 0 spiro atoms. The van der Waals surface area contributed by atoms with Gasteiger partial charge in [-0.3, -0.25) is 9.69 Å². The van der Waals surface area contributed by atoms with Crippen molar-refractivity contribution < 1.29 is 18.0 Å². The van der Waals surface area contributed by atoms with Crippen LogP contribution in [-0.2, 0) is 11.3 Å². The van der Waals surface area contributed by atoms with Crippen LogP contribution in [0, 0.1) is 24.4 Å². The molecule has 6 heteroatoms. The van der Waals surface area contributed by atoms with Gasteiger partial charge in [0.15, 0.2) is 0 Å². The summed E-state index contributed by atoms with van der Waals surface area (Å²) in [6.07, 6.45) is 0. The number of anilines is 1. The van der Waals surface area contributed by atoms with Crippen LogP contribution in [0.1, 0.15) is 18.1 Å². The molecule has 1 heterocycles. The van der Waals surface area contributed by atoms with Crippen LogP contribution < -0.4 is 4.90 Å². The lowest BCUT2D eigenvalue weighted by atomic mass is 10.1. The number of rotatable bonds is 3. The Labute approximate surface area is 144 Å². The Kier molecular flexibility index (Phi) is 4.81. The zero-order chi connectivity index (χ0) is 18.1. The van der Waals surface area contributed by atoms with E-state index in [0.717, 1.165) is 6.07 Å². The highest BCUT2D eigenvalue weighted by Gasteiger charge is 2.32. The molecule has 3 nitrogen and oxygen atoms in total. The number of carbonyl (C=O) groups is 1. The predicted molar refractivity (Wildman–Crippen MR) is 89.7 cm³/mol. The van der Waals surface area contributed by atoms with Gasteiger partial charge in [0.1, 0.15) is 17.5 Å². The SMILES string of the molecule is Cc1ccc(N2CCN(Cc3ccc(F)cc3F)[C@H](C)C2=O)cc1F. The molecule has 0 aromatic heterocycles. The third kappa shape index (κ3) is 3.54. The smallest absolute Gasteiger partial charge is 0.244 e. The number of hydrogen-bond donors (Lipinski definition) is 0. The largest absolute Gasteiger partial charge is 0.310 e. The quantitative estimate of drug-likeness (QED) is 0.845. The Hall–Kier alpha value is -2.34. The molecule has 0 saturated carbocycles. The molecule has 1 atom stereocenters. The molecule has 0 bridgehead atoms. The van der Waals surface area contributed by atoms with Crippen molar-refractivity contribution in [2.75, 3.05) is 18.0 Å². The maximum atomic E-state index is 13.8. The van der Waals surface area contributed by atoms with E-state index in [0.29, 0.717) is 29.9 Å². The summed E-state index contributed by atoms with van der Waals surface area (Å²) in [7, 11) is 0. The Bertz CT molecular complexity index is 809. The second-order valence-electron chi connectivity index (χ2n) is 6.31. The molecule has 2 aromatic carbocycles. The van der Waals surface area contributed by atoms with Crippen LogP contribution in [0.2, 0.25) is 0 Å². The third-order valence-electron chi connectivity index (χ3n) is 4.64. The van der Waals surface area contributed by atoms with E-state index in [1.165, 1.54) is 18.2 Å². The summed E-state index contributed by atoms with van der Waals surface area (Å²) in [5.74, 6) is -1.77. The Balaban J connectivity index is 1.75. The average molecular weight is 348 g/mol. The van der Waals surface area contributed by atoms with Crippen molar-refractivity contribution >= 4 is 11.6 Å². The van der Waals surface area contributed by atoms with Crippen LogP contribution in [-0.4, -0.2) is 29.9 Å². The first-order valence-corrected chi connectivity index (χ1v) is 8.12. The van der Waals surface area contributed by atoms with Gasteiger partial charge in [-0.25, -0.2) is 13.2 Å². The van der Waals surface area contributed by atoms with Gasteiger partial charge < -0.3 is 4.90 Å². The van der Waals surface area contributed by atoms with Crippen molar-refractivity contribution in [2.24, 2.45) is 0 Å². The van der Waals surface area contributed by atoms with Crippen molar-refractivity contribution in [3.8, 4) is 0 Å². The third-order valence-corrected chi connectivity index (χ3v) is 4.64. The molecule has 25 heavy (non-hydrogen) atoms. The van der Waals surface area contributed by atoms with Gasteiger partial charge in [-0.1, -0.05) is 12.1 Å². The predicted octanol–water partition coefficient (Wildman–Crippen LogP) is 3.65. The molecule has 0 aliphatic carbocycles. The number of benzene rings is 2. The van der Waals surface area contributed by atoms with E-state index in [-0.39, 0.29) is 18.3 Å². The molecular formula is C19H19F3N2O. The summed E-state index contributed by atoms with van der Waals surface area (Å²) >= 11 is 0. The molecule has 2 aromatic rings. The van der Waals surface area contributed by atoms with Gasteiger partial charge in [-0.05, 0) is 37.6 Å². The highest BCUT2D eigenvalue weighted by atomic mass is 19.1. The van der Waals surface area contributed by atoms with Gasteiger partial charge in [-0.2, -0.15) is 0 Å². The number of amides is 1. The van der Waals surface area contributed by atoms with Crippen molar-refractivity contribution in [3.63, 3.8) is 0 Å². The van der Waals surface area contributed by atoms with Crippen LogP contribution in [0.3, 0.4) is 0 Å². The topological polar surface area (TPSA) is 23.6 Å². The van der Waals surface area contributed by atoms with Crippen molar-refractivity contribution in [1.29, 1.82) is 0 Å². The summed E-state index contributed by atoms with van der Waals surface area (Å²) in [5.41, 5.74) is 1.39. The number of aryl methyl sites for hydroxylation is 1. The van der Waals surface area contributed by atoms with E-state index >= 15 is 0 Å². The van der Waals surface area contributed by atoms with Gasteiger partial charge in [-0.15, -0.1) is 0 Å². The molecular weight excluding hydrogens is 329 g/mol. The second-order valence-corrected chi connectivity index (χ2v) is 6.31. The fraction of sp³-hybridized carbons (Fsp3) is 0.316. The number of hydrogen-bond acceptors (Lipinski definition) is 2. The van der Waals surface area contributed by atoms with E-state index in [1.54, 1.807) is 30.9 Å². The molecule has 1 aliphatic heterocycles. The van der Waals surface area contributed by atoms with Crippen LogP contribution in [0.5, 0.6) is 0 Å². The van der Waals surface area contributed by atoms with Gasteiger partial charge in [0.05, 0.1) is 6.04 Å². The first-order chi connectivity index (χ1) is 11.9. The van der Waals surface area contributed by atoms with Crippen molar-refractivity contribution in [3.05, 3.63) is 65.0 Å². The number of halogens is 3. The number of carbonyl (C=O) groups excluding carboxylic acids is 1. The fourth-order valence-electron chi connectivity index (χ4n) is 3.00. The monoisotopic (exact) mass is 348 g/mol. The Morgan fingerprint density at radius 2 is 1.80 bits per heavy atom. The van der Waals surface area contributed by atoms with Crippen LogP contribution >= 0.6 is 0 Å². The molecule has 0 N–H and O–H groups in total. The molecule has 1 aliphatic rings. The first-order valence-electron chi connectivity index (χ1n) is 8.12. The minimum Gasteiger partial charge on any atom is -0.310 e. The normalized spacial score (nSPS) is 18.7. The summed E-state index contributed by atoms with van der Waals surface area (Å²) in [6.45, 7) is 4.52. The second kappa shape index (κ2) is 6.88. The van der Waals surface area contributed by atoms with Gasteiger partial charge in [0, 0.05) is 37.0 Å². The average Bonchev–Trinajstić information content (AvgIpc) is 2.57. The molecule has 1 fully saturated rings. The van der Waals surface area contributed by atoms with Crippen LogP contribution in [0.4, 0.5) is 18.9 Å². The highest BCUT2D eigenvalue weighted by molar-refractivity contribution is 5.97. The first kappa shape index (κ1) is 17.5. The number of nitrogens with zero attached hydrogens (tertiary/aromatic N) is 2. The van der Waals surface area contributed by atoms with Crippen LogP contribution in [0.15, 0.2) is 36.4 Å². The van der Waals surface area contributed by atoms with E-state index in [1.807, 2.05) is 4.90 Å². The maximum absolute atomic E-state index is 13.8. The number of piperazine rings is 1. The Morgan fingerprint density at radius 3 is 2.48 bits per heavy atom. The zero-order valence-corrected chi connectivity index (χ0v) is 14.1. The van der Waals surface area contributed by atoms with E-state index < -0.39 is 17.7 Å². The minimum atomic E-state index is -0.628. The summed E-state index contributed by atoms with van der Waals surface area (Å²) in [4.78, 5) is 16.0. The van der Waals surface area contributed by atoms with E-state index in [4.69, 9.17) is 0 Å². The van der Waals surface area contributed by atoms with Gasteiger partial charge in [0.25, 0.3) is 0 Å². The molecule has 0 unspecified atom stereocenters. The molecule has 132 valence electrons. The molecule has 1 amide bonds. The highest BCUT2D eigenvalue weighted by Crippen LogP contribution is 2.24. The van der Waals surface area contributed by atoms with Crippen molar-refractivity contribution in [1.82, 2.24) is 4.90 Å². The van der Waals surface area contributed by atoms with Gasteiger partial charge in [0.2, 0.25) is 5.91 Å².